The Labute approximate surface area is 193 Å². The maximum atomic E-state index is 13.3. The predicted octanol–water partition coefficient (Wildman–Crippen LogP) is 4.72. The highest BCUT2D eigenvalue weighted by atomic mass is 19.4. The number of aliphatic carboxylic acids is 1. The first kappa shape index (κ1) is 22.4. The summed E-state index contributed by atoms with van der Waals surface area (Å²) in [4.78, 5) is 29.0. The fourth-order valence-electron chi connectivity index (χ4n) is 6.20. The van der Waals surface area contributed by atoms with Crippen molar-refractivity contribution in [1.29, 1.82) is 0 Å². The van der Waals surface area contributed by atoms with Gasteiger partial charge in [0.1, 0.15) is 0 Å². The molecule has 1 amide bonds. The summed E-state index contributed by atoms with van der Waals surface area (Å²) in [6, 6.07) is 8.57. The zero-order valence-corrected chi connectivity index (χ0v) is 18.7. The molecule has 3 saturated carbocycles. The summed E-state index contributed by atoms with van der Waals surface area (Å²) in [6.45, 7) is 4.25. The SMILES string of the molecule is C[C@H]1C2(CC(=O)O)CC1(NC(=O)c1nccc3ccn(Cc4ccc(C(F)(F)F)cc4)c13)[C@H]2C. The molecule has 6 nitrogen and oxygen atoms in total. The number of amides is 1. The molecule has 0 radical (unpaired) electrons. The number of carbonyl (C=O) groups excluding carboxylic acids is 1. The molecular formula is C25H24F3N3O3. The molecule has 2 aromatic heterocycles. The Bertz CT molecular complexity index is 1290. The summed E-state index contributed by atoms with van der Waals surface area (Å²) in [7, 11) is 0. The number of rotatable bonds is 6. The van der Waals surface area contributed by atoms with Crippen molar-refractivity contribution in [1.82, 2.24) is 14.9 Å². The third-order valence-corrected chi connectivity index (χ3v) is 8.24. The van der Waals surface area contributed by atoms with Gasteiger partial charge in [-0.25, -0.2) is 4.98 Å². The van der Waals surface area contributed by atoms with Crippen LogP contribution in [0.2, 0.25) is 0 Å². The number of carbonyl (C=O) groups is 2. The van der Waals surface area contributed by atoms with Crippen LogP contribution in [0.15, 0.2) is 48.8 Å². The van der Waals surface area contributed by atoms with E-state index in [1.54, 1.807) is 23.0 Å². The monoisotopic (exact) mass is 471 g/mol. The molecule has 0 aliphatic heterocycles. The molecule has 3 aliphatic carbocycles. The zero-order valence-electron chi connectivity index (χ0n) is 18.7. The van der Waals surface area contributed by atoms with Crippen LogP contribution < -0.4 is 5.32 Å². The number of aromatic nitrogens is 2. The molecule has 2 heterocycles. The third kappa shape index (κ3) is 3.13. The van der Waals surface area contributed by atoms with E-state index >= 15 is 0 Å². The maximum absolute atomic E-state index is 13.3. The van der Waals surface area contributed by atoms with Gasteiger partial charge in [-0.05, 0) is 53.5 Å². The second-order valence-electron chi connectivity index (χ2n) is 9.65. The van der Waals surface area contributed by atoms with Crippen molar-refractivity contribution in [2.24, 2.45) is 17.3 Å². The van der Waals surface area contributed by atoms with Gasteiger partial charge in [0.25, 0.3) is 5.91 Å². The van der Waals surface area contributed by atoms with E-state index < -0.39 is 23.2 Å². The molecule has 0 spiro atoms. The van der Waals surface area contributed by atoms with E-state index in [0.29, 0.717) is 17.5 Å². The fourth-order valence-corrected chi connectivity index (χ4v) is 6.20. The first-order chi connectivity index (χ1) is 16.0. The molecule has 1 aromatic carbocycles. The smallest absolute Gasteiger partial charge is 0.416 e. The average Bonchev–Trinajstić information content (AvgIpc) is 3.20. The lowest BCUT2D eigenvalue weighted by molar-refractivity contribution is -0.277. The van der Waals surface area contributed by atoms with Gasteiger partial charge >= 0.3 is 12.1 Å². The second-order valence-corrected chi connectivity index (χ2v) is 9.65. The zero-order chi connectivity index (χ0) is 24.5. The lowest BCUT2D eigenvalue weighted by atomic mass is 9.27. The molecule has 3 fully saturated rings. The van der Waals surface area contributed by atoms with Crippen molar-refractivity contribution in [2.45, 2.75) is 44.9 Å². The van der Waals surface area contributed by atoms with Crippen LogP contribution in [0, 0.1) is 17.3 Å². The highest BCUT2D eigenvalue weighted by molar-refractivity contribution is 6.04. The minimum absolute atomic E-state index is 0.0492. The third-order valence-electron chi connectivity index (χ3n) is 8.24. The van der Waals surface area contributed by atoms with Gasteiger partial charge in [0.15, 0.2) is 5.69 Å². The Hall–Kier alpha value is -3.36. The van der Waals surface area contributed by atoms with E-state index in [-0.39, 0.29) is 41.8 Å². The number of carboxylic acids is 1. The minimum atomic E-state index is -4.40. The summed E-state index contributed by atoms with van der Waals surface area (Å²) >= 11 is 0. The Morgan fingerprint density at radius 1 is 1.15 bits per heavy atom. The van der Waals surface area contributed by atoms with E-state index in [1.165, 1.54) is 12.1 Å². The van der Waals surface area contributed by atoms with E-state index in [0.717, 1.165) is 17.5 Å². The fraction of sp³-hybridized carbons (Fsp3) is 0.400. The van der Waals surface area contributed by atoms with Gasteiger partial charge in [-0.15, -0.1) is 0 Å². The topological polar surface area (TPSA) is 84.2 Å². The van der Waals surface area contributed by atoms with Crippen molar-refractivity contribution >= 4 is 22.8 Å². The van der Waals surface area contributed by atoms with Crippen LogP contribution in [-0.4, -0.2) is 32.1 Å². The summed E-state index contributed by atoms with van der Waals surface area (Å²) in [5.41, 5.74) is 0.0800. The highest BCUT2D eigenvalue weighted by Crippen LogP contribution is 2.76. The Balaban J connectivity index is 1.40. The number of hydrogen-bond donors (Lipinski definition) is 2. The standard InChI is InChI=1S/C25H24F3N3O3/c1-14-23(11-19(32)33)13-24(14,15(23)2)30-22(34)20-21-17(7-9-29-20)8-10-31(21)12-16-3-5-18(6-4-16)25(26,27)28/h3-10,14-15H,11-13H2,1-2H3,(H,30,34)(H,32,33)/t14-,15-,23?,24?/m0/s1. The Morgan fingerprint density at radius 2 is 1.82 bits per heavy atom. The van der Waals surface area contributed by atoms with Gasteiger partial charge in [-0.3, -0.25) is 9.59 Å². The second kappa shape index (κ2) is 7.32. The summed E-state index contributed by atoms with van der Waals surface area (Å²) in [5, 5.41) is 13.2. The van der Waals surface area contributed by atoms with Crippen LogP contribution in [0.25, 0.3) is 10.9 Å². The van der Waals surface area contributed by atoms with Crippen molar-refractivity contribution in [3.8, 4) is 0 Å². The van der Waals surface area contributed by atoms with Gasteiger partial charge in [-0.2, -0.15) is 13.2 Å². The Kier molecular flexibility index (Phi) is 4.83. The summed E-state index contributed by atoms with van der Waals surface area (Å²) in [6.07, 6.45) is -0.332. The van der Waals surface area contributed by atoms with Crippen molar-refractivity contribution in [2.75, 3.05) is 0 Å². The number of halogens is 3. The largest absolute Gasteiger partial charge is 0.481 e. The van der Waals surface area contributed by atoms with Gasteiger partial charge in [0, 0.05) is 29.9 Å². The number of pyridine rings is 1. The molecule has 178 valence electrons. The van der Waals surface area contributed by atoms with Crippen LogP contribution in [0.4, 0.5) is 13.2 Å². The Morgan fingerprint density at radius 3 is 2.41 bits per heavy atom. The molecule has 34 heavy (non-hydrogen) atoms. The molecule has 2 N–H and O–H groups in total. The van der Waals surface area contributed by atoms with Gasteiger partial charge in [0.05, 0.1) is 17.5 Å². The predicted molar refractivity (Wildman–Crippen MR) is 118 cm³/mol. The van der Waals surface area contributed by atoms with E-state index in [2.05, 4.69) is 10.3 Å². The normalized spacial score (nSPS) is 27.7. The molecule has 0 saturated heterocycles. The van der Waals surface area contributed by atoms with E-state index in [4.69, 9.17) is 0 Å². The summed E-state index contributed by atoms with van der Waals surface area (Å²) in [5.74, 6) is -1.06. The lowest BCUT2D eigenvalue weighted by Crippen LogP contribution is -2.86. The molecule has 3 aromatic rings. The van der Waals surface area contributed by atoms with Crippen LogP contribution in [-0.2, 0) is 17.5 Å². The molecule has 2 bridgehead atoms. The number of carboxylic acid groups (broad SMARTS) is 1. The minimum Gasteiger partial charge on any atom is -0.481 e. The van der Waals surface area contributed by atoms with Crippen LogP contribution in [0.5, 0.6) is 0 Å². The number of benzene rings is 1. The number of nitrogens with one attached hydrogen (secondary N) is 1. The van der Waals surface area contributed by atoms with Gasteiger partial charge < -0.3 is 15.0 Å². The average molecular weight is 471 g/mol. The number of alkyl halides is 3. The lowest BCUT2D eigenvalue weighted by Gasteiger charge is -2.80. The van der Waals surface area contributed by atoms with Crippen molar-refractivity contribution in [3.63, 3.8) is 0 Å². The molecule has 9 heteroatoms. The molecule has 2 atom stereocenters. The van der Waals surface area contributed by atoms with E-state index in [1.807, 2.05) is 19.9 Å². The molecule has 3 aliphatic rings. The van der Waals surface area contributed by atoms with E-state index in [9.17, 15) is 27.9 Å². The highest BCUT2D eigenvalue weighted by Gasteiger charge is 2.79. The number of hydrogen-bond acceptors (Lipinski definition) is 3. The van der Waals surface area contributed by atoms with Gasteiger partial charge in [-0.1, -0.05) is 26.0 Å². The van der Waals surface area contributed by atoms with Crippen LogP contribution in [0.3, 0.4) is 0 Å². The number of nitrogens with zero attached hydrogens (tertiary/aromatic N) is 2. The van der Waals surface area contributed by atoms with Gasteiger partial charge in [0.2, 0.25) is 0 Å². The van der Waals surface area contributed by atoms with Crippen LogP contribution >= 0.6 is 0 Å². The first-order valence-corrected chi connectivity index (χ1v) is 11.1. The molecule has 0 unspecified atom stereocenters. The molecular weight excluding hydrogens is 447 g/mol. The van der Waals surface area contributed by atoms with Crippen LogP contribution in [0.1, 0.15) is 48.3 Å². The maximum Gasteiger partial charge on any atom is 0.416 e. The van der Waals surface area contributed by atoms with Crippen molar-refractivity contribution in [3.05, 3.63) is 65.6 Å². The molecule has 6 rings (SSSR count). The first-order valence-electron chi connectivity index (χ1n) is 11.1. The number of fused-ring (bicyclic) bond motifs is 1. The van der Waals surface area contributed by atoms with Crippen molar-refractivity contribution < 1.29 is 27.9 Å². The quantitative estimate of drug-likeness (QED) is 0.545. The summed E-state index contributed by atoms with van der Waals surface area (Å²) < 4.78 is 40.4.